The van der Waals surface area contributed by atoms with Gasteiger partial charge in [0.2, 0.25) is 15.9 Å². The van der Waals surface area contributed by atoms with E-state index >= 15 is 0 Å². The molecule has 0 fully saturated rings. The molecule has 0 radical (unpaired) electrons. The van der Waals surface area contributed by atoms with Gasteiger partial charge in [-0.15, -0.1) is 0 Å². The molecule has 1 N–H and O–H groups in total. The molecule has 0 spiro atoms. The van der Waals surface area contributed by atoms with Gasteiger partial charge in [0.15, 0.2) is 0 Å². The molecule has 3 aromatic rings. The zero-order valence-electron chi connectivity index (χ0n) is 14.9. The molecule has 2 aromatic heterocycles. The summed E-state index contributed by atoms with van der Waals surface area (Å²) >= 11 is 0. The molecule has 0 atom stereocenters. The first kappa shape index (κ1) is 18.9. The first-order chi connectivity index (χ1) is 12.9. The van der Waals surface area contributed by atoms with Gasteiger partial charge in [-0.3, -0.25) is 14.8 Å². The largest absolute Gasteiger partial charge is 0.324 e. The van der Waals surface area contributed by atoms with Gasteiger partial charge in [0.25, 0.3) is 0 Å². The second-order valence-electron chi connectivity index (χ2n) is 6.14. The van der Waals surface area contributed by atoms with Crippen molar-refractivity contribution in [2.45, 2.75) is 13.0 Å². The van der Waals surface area contributed by atoms with Crippen LogP contribution in [0.3, 0.4) is 0 Å². The van der Waals surface area contributed by atoms with Gasteiger partial charge in [0.1, 0.15) is 0 Å². The van der Waals surface area contributed by atoms with E-state index in [1.54, 1.807) is 36.8 Å². The Labute approximate surface area is 158 Å². The van der Waals surface area contributed by atoms with E-state index in [0.29, 0.717) is 11.2 Å². The Kier molecular flexibility index (Phi) is 5.78. The van der Waals surface area contributed by atoms with Crippen LogP contribution >= 0.6 is 0 Å². The molecule has 27 heavy (non-hydrogen) atoms. The van der Waals surface area contributed by atoms with Crippen molar-refractivity contribution in [2.75, 3.05) is 18.1 Å². The molecule has 8 heteroatoms. The smallest absolute Gasteiger partial charge is 0.225 e. The Hall–Kier alpha value is -2.84. The maximum absolute atomic E-state index is 12.4. The maximum atomic E-state index is 12.4. The Bertz CT molecular complexity index is 1030. The van der Waals surface area contributed by atoms with E-state index in [1.165, 1.54) is 4.31 Å². The number of carbonyl (C=O) groups is 1. The number of fused-ring (bicyclic) bond motifs is 1. The van der Waals surface area contributed by atoms with Gasteiger partial charge < -0.3 is 5.32 Å². The zero-order valence-corrected chi connectivity index (χ0v) is 15.7. The number of carbonyl (C=O) groups excluding carboxylic acids is 1. The number of nitrogens with zero attached hydrogens (tertiary/aromatic N) is 3. The minimum Gasteiger partial charge on any atom is -0.324 e. The lowest BCUT2D eigenvalue weighted by atomic mass is 10.2. The van der Waals surface area contributed by atoms with Gasteiger partial charge in [-0.25, -0.2) is 8.42 Å². The fourth-order valence-electron chi connectivity index (χ4n) is 2.70. The van der Waals surface area contributed by atoms with Crippen molar-refractivity contribution in [3.63, 3.8) is 0 Å². The number of nitrogens with one attached hydrogen (secondary N) is 1. The van der Waals surface area contributed by atoms with Crippen molar-refractivity contribution >= 4 is 32.5 Å². The number of anilines is 1. The van der Waals surface area contributed by atoms with E-state index in [-0.39, 0.29) is 25.4 Å². The SMILES string of the molecule is CS(=O)(=O)N(CCC(=O)Nc1cccc2cccnc12)Cc1cccnc1. The summed E-state index contributed by atoms with van der Waals surface area (Å²) in [7, 11) is -3.45. The zero-order chi connectivity index (χ0) is 19.3. The fourth-order valence-corrected chi connectivity index (χ4v) is 3.51. The summed E-state index contributed by atoms with van der Waals surface area (Å²) in [5.74, 6) is -0.270. The normalized spacial score (nSPS) is 11.6. The molecular weight excluding hydrogens is 364 g/mol. The van der Waals surface area contributed by atoms with Gasteiger partial charge in [0.05, 0.1) is 17.5 Å². The minimum atomic E-state index is -3.45. The third-order valence-electron chi connectivity index (χ3n) is 4.05. The highest BCUT2D eigenvalue weighted by Gasteiger charge is 2.18. The molecule has 1 amide bonds. The van der Waals surface area contributed by atoms with Crippen LogP contribution in [0.25, 0.3) is 10.9 Å². The van der Waals surface area contributed by atoms with E-state index in [9.17, 15) is 13.2 Å². The lowest BCUT2D eigenvalue weighted by Crippen LogP contribution is -2.32. The molecule has 1 aromatic carbocycles. The van der Waals surface area contributed by atoms with Crippen LogP contribution in [0, 0.1) is 0 Å². The van der Waals surface area contributed by atoms with Crippen LogP contribution < -0.4 is 5.32 Å². The quantitative estimate of drug-likeness (QED) is 0.675. The van der Waals surface area contributed by atoms with Crippen LogP contribution in [-0.2, 0) is 21.4 Å². The van der Waals surface area contributed by atoms with Crippen LogP contribution in [0.15, 0.2) is 61.1 Å². The lowest BCUT2D eigenvalue weighted by molar-refractivity contribution is -0.116. The molecule has 0 aliphatic rings. The number of sulfonamides is 1. The summed E-state index contributed by atoms with van der Waals surface area (Å²) < 4.78 is 25.4. The number of pyridine rings is 2. The van der Waals surface area contributed by atoms with Crippen molar-refractivity contribution in [2.24, 2.45) is 0 Å². The lowest BCUT2D eigenvalue weighted by Gasteiger charge is -2.19. The van der Waals surface area contributed by atoms with Gasteiger partial charge in [-0.1, -0.05) is 24.3 Å². The maximum Gasteiger partial charge on any atom is 0.225 e. The third-order valence-corrected chi connectivity index (χ3v) is 5.30. The van der Waals surface area contributed by atoms with E-state index in [1.807, 2.05) is 24.3 Å². The summed E-state index contributed by atoms with van der Waals surface area (Å²) in [6.07, 6.45) is 6.07. The second-order valence-corrected chi connectivity index (χ2v) is 8.12. The van der Waals surface area contributed by atoms with E-state index in [2.05, 4.69) is 15.3 Å². The predicted octanol–water partition coefficient (Wildman–Crippen LogP) is 2.42. The summed E-state index contributed by atoms with van der Waals surface area (Å²) in [5.41, 5.74) is 2.07. The van der Waals surface area contributed by atoms with Crippen molar-refractivity contribution in [3.05, 3.63) is 66.6 Å². The highest BCUT2D eigenvalue weighted by molar-refractivity contribution is 7.88. The number of amides is 1. The number of aromatic nitrogens is 2. The van der Waals surface area contributed by atoms with E-state index < -0.39 is 10.0 Å². The first-order valence-electron chi connectivity index (χ1n) is 8.41. The average molecular weight is 384 g/mol. The average Bonchev–Trinajstić information content (AvgIpc) is 2.65. The molecule has 0 saturated heterocycles. The van der Waals surface area contributed by atoms with Crippen molar-refractivity contribution in [1.82, 2.24) is 14.3 Å². The second kappa shape index (κ2) is 8.24. The van der Waals surface area contributed by atoms with Gasteiger partial charge >= 0.3 is 0 Å². The van der Waals surface area contributed by atoms with E-state index in [0.717, 1.165) is 17.2 Å². The highest BCUT2D eigenvalue weighted by Crippen LogP contribution is 2.20. The van der Waals surface area contributed by atoms with Crippen LogP contribution in [0.1, 0.15) is 12.0 Å². The molecule has 0 saturated carbocycles. The molecule has 3 rings (SSSR count). The molecule has 0 bridgehead atoms. The summed E-state index contributed by atoms with van der Waals surface area (Å²) in [6.45, 7) is 0.257. The van der Waals surface area contributed by atoms with Gasteiger partial charge in [-0.2, -0.15) is 4.31 Å². The van der Waals surface area contributed by atoms with Gasteiger partial charge in [-0.05, 0) is 23.8 Å². The molecule has 7 nitrogen and oxygen atoms in total. The molecular formula is C19H20N4O3S. The highest BCUT2D eigenvalue weighted by atomic mass is 32.2. The minimum absolute atomic E-state index is 0.0382. The molecule has 0 aliphatic carbocycles. The van der Waals surface area contributed by atoms with Gasteiger partial charge in [0, 0.05) is 43.5 Å². The number of rotatable bonds is 7. The summed E-state index contributed by atoms with van der Waals surface area (Å²) in [5, 5.41) is 3.74. The summed E-state index contributed by atoms with van der Waals surface area (Å²) in [4.78, 5) is 20.7. The number of para-hydroxylation sites is 1. The van der Waals surface area contributed by atoms with Crippen LogP contribution in [0.5, 0.6) is 0 Å². The van der Waals surface area contributed by atoms with Crippen molar-refractivity contribution in [3.8, 4) is 0 Å². The first-order valence-corrected chi connectivity index (χ1v) is 10.3. The topological polar surface area (TPSA) is 92.3 Å². The Morgan fingerprint density at radius 1 is 1.11 bits per heavy atom. The van der Waals surface area contributed by atoms with Crippen LogP contribution in [0.2, 0.25) is 0 Å². The van der Waals surface area contributed by atoms with Crippen molar-refractivity contribution in [1.29, 1.82) is 0 Å². The van der Waals surface area contributed by atoms with Crippen LogP contribution in [0.4, 0.5) is 5.69 Å². The monoisotopic (exact) mass is 384 g/mol. The predicted molar refractivity (Wildman–Crippen MR) is 104 cm³/mol. The summed E-state index contributed by atoms with van der Waals surface area (Å²) in [6, 6.07) is 12.8. The standard InChI is InChI=1S/C19H20N4O3S/c1-27(25,26)23(14-15-5-3-10-20-13-15)12-9-18(24)22-17-8-2-6-16-7-4-11-21-19(16)17/h2-8,10-11,13H,9,12,14H2,1H3,(H,22,24). The Morgan fingerprint density at radius 3 is 2.63 bits per heavy atom. The molecule has 2 heterocycles. The molecule has 0 unspecified atom stereocenters. The number of hydrogen-bond donors (Lipinski definition) is 1. The fraction of sp³-hybridized carbons (Fsp3) is 0.211. The van der Waals surface area contributed by atoms with Crippen molar-refractivity contribution < 1.29 is 13.2 Å². The molecule has 140 valence electrons. The number of hydrogen-bond acceptors (Lipinski definition) is 5. The van der Waals surface area contributed by atoms with Crippen LogP contribution in [-0.4, -0.2) is 41.4 Å². The Morgan fingerprint density at radius 2 is 1.89 bits per heavy atom. The molecule has 0 aliphatic heterocycles. The third kappa shape index (κ3) is 5.08. The van der Waals surface area contributed by atoms with E-state index in [4.69, 9.17) is 0 Å². The number of benzene rings is 1. The Balaban J connectivity index is 1.67.